The molecule has 0 aromatic heterocycles. The van der Waals surface area contributed by atoms with E-state index in [0.717, 1.165) is 23.7 Å². The minimum atomic E-state index is -0.0532. The van der Waals surface area contributed by atoms with Gasteiger partial charge < -0.3 is 10.1 Å². The van der Waals surface area contributed by atoms with Crippen LogP contribution < -0.4 is 10.1 Å². The standard InChI is InChI=1S/C20H27NO2/c1-4-6-9-15(5-2)14-21-20(22)18-12-16-10-7-8-11-17(16)13-19(18)23-3/h7-8,10-13,15H,4-6,9,14H2,1-3H3,(H,21,22). The predicted molar refractivity (Wildman–Crippen MR) is 96.1 cm³/mol. The van der Waals surface area contributed by atoms with Crippen molar-refractivity contribution in [3.63, 3.8) is 0 Å². The van der Waals surface area contributed by atoms with Gasteiger partial charge in [0.05, 0.1) is 12.7 Å². The lowest BCUT2D eigenvalue weighted by Gasteiger charge is -2.16. The van der Waals surface area contributed by atoms with E-state index in [2.05, 4.69) is 19.2 Å². The van der Waals surface area contributed by atoms with E-state index in [9.17, 15) is 4.79 Å². The van der Waals surface area contributed by atoms with Crippen LogP contribution in [0, 0.1) is 5.92 Å². The van der Waals surface area contributed by atoms with E-state index in [1.807, 2.05) is 36.4 Å². The maximum Gasteiger partial charge on any atom is 0.255 e. The molecule has 2 aromatic rings. The van der Waals surface area contributed by atoms with E-state index < -0.39 is 0 Å². The molecule has 3 nitrogen and oxygen atoms in total. The Balaban J connectivity index is 2.13. The maximum atomic E-state index is 12.6. The Labute approximate surface area is 139 Å². The fourth-order valence-corrected chi connectivity index (χ4v) is 2.84. The summed E-state index contributed by atoms with van der Waals surface area (Å²) in [6.45, 7) is 5.11. The molecular weight excluding hydrogens is 286 g/mol. The highest BCUT2D eigenvalue weighted by atomic mass is 16.5. The van der Waals surface area contributed by atoms with E-state index in [1.165, 1.54) is 19.3 Å². The Kier molecular flexibility index (Phi) is 6.45. The fraction of sp³-hybridized carbons (Fsp3) is 0.450. The monoisotopic (exact) mass is 313 g/mol. The normalized spacial score (nSPS) is 12.1. The molecule has 1 amide bonds. The van der Waals surface area contributed by atoms with Crippen molar-refractivity contribution in [2.75, 3.05) is 13.7 Å². The van der Waals surface area contributed by atoms with Crippen molar-refractivity contribution < 1.29 is 9.53 Å². The molecule has 0 radical (unpaired) electrons. The Hall–Kier alpha value is -2.03. The van der Waals surface area contributed by atoms with Crippen LogP contribution >= 0.6 is 0 Å². The van der Waals surface area contributed by atoms with Crippen LogP contribution in [0.5, 0.6) is 5.75 Å². The van der Waals surface area contributed by atoms with E-state index in [0.29, 0.717) is 17.2 Å². The van der Waals surface area contributed by atoms with Crippen molar-refractivity contribution in [1.29, 1.82) is 0 Å². The average Bonchev–Trinajstić information content (AvgIpc) is 2.60. The van der Waals surface area contributed by atoms with Crippen LogP contribution in [0.15, 0.2) is 36.4 Å². The van der Waals surface area contributed by atoms with Crippen LogP contribution in [0.2, 0.25) is 0 Å². The molecule has 0 heterocycles. The second-order valence-electron chi connectivity index (χ2n) is 6.03. The van der Waals surface area contributed by atoms with Crippen LogP contribution in [-0.2, 0) is 0 Å². The quantitative estimate of drug-likeness (QED) is 0.760. The minimum Gasteiger partial charge on any atom is -0.496 e. The highest BCUT2D eigenvalue weighted by Gasteiger charge is 2.15. The van der Waals surface area contributed by atoms with Crippen molar-refractivity contribution in [3.05, 3.63) is 42.0 Å². The summed E-state index contributed by atoms with van der Waals surface area (Å²) < 4.78 is 5.41. The zero-order chi connectivity index (χ0) is 16.7. The van der Waals surface area contributed by atoms with Gasteiger partial charge in [-0.3, -0.25) is 4.79 Å². The number of methoxy groups -OCH3 is 1. The summed E-state index contributed by atoms with van der Waals surface area (Å²) in [6, 6.07) is 11.9. The molecule has 23 heavy (non-hydrogen) atoms. The first-order chi connectivity index (χ1) is 11.2. The molecule has 0 saturated heterocycles. The molecule has 0 bridgehead atoms. The van der Waals surface area contributed by atoms with E-state index >= 15 is 0 Å². The lowest BCUT2D eigenvalue weighted by molar-refractivity contribution is 0.0943. The number of carbonyl (C=O) groups excluding carboxylic acids is 1. The van der Waals surface area contributed by atoms with Gasteiger partial charge in [0, 0.05) is 6.54 Å². The lowest BCUT2D eigenvalue weighted by atomic mass is 9.99. The first-order valence-electron chi connectivity index (χ1n) is 8.54. The molecular formula is C20H27NO2. The molecule has 0 saturated carbocycles. The first kappa shape index (κ1) is 17.3. The molecule has 1 N–H and O–H groups in total. The summed E-state index contributed by atoms with van der Waals surface area (Å²) in [5.41, 5.74) is 0.608. The van der Waals surface area contributed by atoms with Crippen molar-refractivity contribution in [2.24, 2.45) is 5.92 Å². The van der Waals surface area contributed by atoms with Crippen LogP contribution in [0.1, 0.15) is 49.9 Å². The second kappa shape index (κ2) is 8.56. The van der Waals surface area contributed by atoms with E-state index in [1.54, 1.807) is 7.11 Å². The Morgan fingerprint density at radius 3 is 2.48 bits per heavy atom. The van der Waals surface area contributed by atoms with Crippen LogP contribution in [-0.4, -0.2) is 19.6 Å². The molecule has 124 valence electrons. The number of fused-ring (bicyclic) bond motifs is 1. The maximum absolute atomic E-state index is 12.6. The van der Waals surface area contributed by atoms with Crippen molar-refractivity contribution in [2.45, 2.75) is 39.5 Å². The van der Waals surface area contributed by atoms with Gasteiger partial charge in [-0.1, -0.05) is 57.4 Å². The number of rotatable bonds is 8. The summed E-state index contributed by atoms with van der Waals surface area (Å²) in [5.74, 6) is 1.12. The second-order valence-corrected chi connectivity index (χ2v) is 6.03. The molecule has 0 aliphatic carbocycles. The largest absolute Gasteiger partial charge is 0.496 e. The summed E-state index contributed by atoms with van der Waals surface area (Å²) >= 11 is 0. The number of hydrogen-bond acceptors (Lipinski definition) is 2. The van der Waals surface area contributed by atoms with Gasteiger partial charge in [-0.05, 0) is 35.2 Å². The Morgan fingerprint density at radius 2 is 1.87 bits per heavy atom. The molecule has 1 atom stereocenters. The highest BCUT2D eigenvalue weighted by Crippen LogP contribution is 2.26. The van der Waals surface area contributed by atoms with Crippen LogP contribution in [0.4, 0.5) is 0 Å². The number of ether oxygens (including phenoxy) is 1. The number of amides is 1. The number of hydrogen-bond donors (Lipinski definition) is 1. The van der Waals surface area contributed by atoms with Crippen molar-refractivity contribution in [1.82, 2.24) is 5.32 Å². The van der Waals surface area contributed by atoms with Gasteiger partial charge in [-0.15, -0.1) is 0 Å². The number of unbranched alkanes of at least 4 members (excludes halogenated alkanes) is 1. The average molecular weight is 313 g/mol. The van der Waals surface area contributed by atoms with Gasteiger partial charge in [-0.2, -0.15) is 0 Å². The van der Waals surface area contributed by atoms with Gasteiger partial charge in [0.15, 0.2) is 0 Å². The highest BCUT2D eigenvalue weighted by molar-refractivity contribution is 6.01. The van der Waals surface area contributed by atoms with Gasteiger partial charge in [0.25, 0.3) is 5.91 Å². The number of benzene rings is 2. The summed E-state index contributed by atoms with van der Waals surface area (Å²) in [4.78, 5) is 12.6. The smallest absolute Gasteiger partial charge is 0.255 e. The molecule has 1 unspecified atom stereocenters. The molecule has 0 spiro atoms. The predicted octanol–water partition coefficient (Wildman–Crippen LogP) is 4.79. The van der Waals surface area contributed by atoms with Gasteiger partial charge in [0.2, 0.25) is 0 Å². The van der Waals surface area contributed by atoms with Crippen molar-refractivity contribution >= 4 is 16.7 Å². The molecule has 0 aliphatic heterocycles. The third kappa shape index (κ3) is 4.47. The fourth-order valence-electron chi connectivity index (χ4n) is 2.84. The summed E-state index contributed by atoms with van der Waals surface area (Å²) in [6.07, 6.45) is 4.67. The van der Waals surface area contributed by atoms with Crippen molar-refractivity contribution in [3.8, 4) is 5.75 Å². The van der Waals surface area contributed by atoms with Crippen LogP contribution in [0.25, 0.3) is 10.8 Å². The lowest BCUT2D eigenvalue weighted by Crippen LogP contribution is -2.29. The molecule has 2 rings (SSSR count). The number of nitrogens with one attached hydrogen (secondary N) is 1. The van der Waals surface area contributed by atoms with E-state index in [4.69, 9.17) is 4.74 Å². The molecule has 0 fully saturated rings. The summed E-state index contributed by atoms with van der Waals surface area (Å²) in [5, 5.41) is 5.21. The third-order valence-electron chi connectivity index (χ3n) is 4.41. The van der Waals surface area contributed by atoms with Gasteiger partial charge >= 0.3 is 0 Å². The summed E-state index contributed by atoms with van der Waals surface area (Å²) in [7, 11) is 1.61. The zero-order valence-electron chi connectivity index (χ0n) is 14.4. The molecule has 0 aliphatic rings. The Bertz CT molecular complexity index is 651. The van der Waals surface area contributed by atoms with E-state index in [-0.39, 0.29) is 5.91 Å². The SMILES string of the molecule is CCCCC(CC)CNC(=O)c1cc2ccccc2cc1OC. The number of carbonyl (C=O) groups is 1. The van der Waals surface area contributed by atoms with Gasteiger partial charge in [-0.25, -0.2) is 0 Å². The molecule has 2 aromatic carbocycles. The zero-order valence-corrected chi connectivity index (χ0v) is 14.4. The Morgan fingerprint density at radius 1 is 1.17 bits per heavy atom. The topological polar surface area (TPSA) is 38.3 Å². The first-order valence-corrected chi connectivity index (χ1v) is 8.54. The third-order valence-corrected chi connectivity index (χ3v) is 4.41. The minimum absolute atomic E-state index is 0.0532. The molecule has 3 heteroatoms. The van der Waals surface area contributed by atoms with Gasteiger partial charge in [0.1, 0.15) is 5.75 Å². The van der Waals surface area contributed by atoms with Crippen LogP contribution in [0.3, 0.4) is 0 Å².